The molecule has 0 amide bonds. The van der Waals surface area contributed by atoms with E-state index in [1.807, 2.05) is 36.4 Å². The minimum Gasteiger partial charge on any atom is -0.495 e. The number of hydrogen-bond donors (Lipinski definition) is 1. The van der Waals surface area contributed by atoms with Gasteiger partial charge in [-0.3, -0.25) is 0 Å². The van der Waals surface area contributed by atoms with Gasteiger partial charge in [-0.15, -0.1) is 0 Å². The lowest BCUT2D eigenvalue weighted by Crippen LogP contribution is -1.95. The molecule has 3 aromatic rings. The first-order chi connectivity index (χ1) is 11.2. The molecule has 0 bridgehead atoms. The Morgan fingerprint density at radius 3 is 2.74 bits per heavy atom. The molecule has 1 N–H and O–H groups in total. The summed E-state index contributed by atoms with van der Waals surface area (Å²) in [5, 5.41) is 11.9. The van der Waals surface area contributed by atoms with Gasteiger partial charge in [-0.2, -0.15) is 14.9 Å². The lowest BCUT2D eigenvalue weighted by Gasteiger charge is -2.03. The average molecular weight is 345 g/mol. The molecule has 0 unspecified atom stereocenters. The summed E-state index contributed by atoms with van der Waals surface area (Å²) in [5.74, 6) is 1.26. The largest absolute Gasteiger partial charge is 0.495 e. The second-order valence-electron chi connectivity index (χ2n) is 4.67. The highest BCUT2D eigenvalue weighted by molar-refractivity contribution is 7.71. The predicted molar refractivity (Wildman–Crippen MR) is 93.8 cm³/mol. The maximum atomic E-state index is 6.12. The van der Waals surface area contributed by atoms with Crippen LogP contribution in [0.2, 0.25) is 5.02 Å². The first-order valence-corrected chi connectivity index (χ1v) is 7.58. The third-order valence-electron chi connectivity index (χ3n) is 3.18. The van der Waals surface area contributed by atoms with Crippen LogP contribution in [0.3, 0.4) is 0 Å². The Hall–Kier alpha value is -2.44. The Kier molecular flexibility index (Phi) is 4.55. The molecule has 2 aromatic carbocycles. The lowest BCUT2D eigenvalue weighted by molar-refractivity contribution is 0.415. The summed E-state index contributed by atoms with van der Waals surface area (Å²) in [6.07, 6.45) is 1.67. The van der Waals surface area contributed by atoms with Gasteiger partial charge in [0.15, 0.2) is 5.82 Å². The number of H-pyrrole nitrogens is 1. The molecule has 5 nitrogen and oxygen atoms in total. The summed E-state index contributed by atoms with van der Waals surface area (Å²) in [4.78, 5) is 0. The number of rotatable bonds is 4. The smallest absolute Gasteiger partial charge is 0.216 e. The monoisotopic (exact) mass is 344 g/mol. The zero-order valence-electron chi connectivity index (χ0n) is 12.2. The van der Waals surface area contributed by atoms with Crippen LogP contribution in [-0.4, -0.2) is 28.2 Å². The van der Waals surface area contributed by atoms with E-state index in [9.17, 15) is 0 Å². The minimum atomic E-state index is 0.416. The average Bonchev–Trinajstić information content (AvgIpc) is 2.94. The molecular formula is C16H13ClN4OS. The van der Waals surface area contributed by atoms with Crippen LogP contribution in [-0.2, 0) is 0 Å². The quantitative estimate of drug-likeness (QED) is 0.571. The predicted octanol–water partition coefficient (Wildman–Crippen LogP) is 4.15. The van der Waals surface area contributed by atoms with Crippen LogP contribution < -0.4 is 4.74 Å². The van der Waals surface area contributed by atoms with Crippen LogP contribution in [0.25, 0.3) is 11.4 Å². The second-order valence-corrected chi connectivity index (χ2v) is 5.46. The Labute approximate surface area is 143 Å². The Bertz CT molecular complexity index is 902. The van der Waals surface area contributed by atoms with Crippen molar-refractivity contribution in [1.29, 1.82) is 0 Å². The molecule has 116 valence electrons. The number of hydrogen-bond acceptors (Lipinski definition) is 4. The van der Waals surface area contributed by atoms with E-state index in [0.29, 0.717) is 21.4 Å². The summed E-state index contributed by atoms with van der Waals surface area (Å²) in [5.41, 5.74) is 1.75. The van der Waals surface area contributed by atoms with Crippen molar-refractivity contribution in [2.45, 2.75) is 0 Å². The summed E-state index contributed by atoms with van der Waals surface area (Å²) >= 11 is 11.4. The van der Waals surface area contributed by atoms with Crippen LogP contribution in [0.4, 0.5) is 0 Å². The van der Waals surface area contributed by atoms with E-state index in [0.717, 1.165) is 11.1 Å². The Morgan fingerprint density at radius 2 is 2.04 bits per heavy atom. The fraction of sp³-hybridized carbons (Fsp3) is 0.0625. The fourth-order valence-corrected chi connectivity index (χ4v) is 2.51. The molecule has 0 aliphatic heterocycles. The van der Waals surface area contributed by atoms with E-state index in [1.54, 1.807) is 30.1 Å². The Balaban J connectivity index is 1.96. The number of nitrogens with one attached hydrogen (secondary N) is 1. The van der Waals surface area contributed by atoms with Crippen LogP contribution in [0.5, 0.6) is 5.75 Å². The third-order valence-corrected chi connectivity index (χ3v) is 3.74. The van der Waals surface area contributed by atoms with Gasteiger partial charge < -0.3 is 4.74 Å². The maximum absolute atomic E-state index is 6.12. The maximum Gasteiger partial charge on any atom is 0.216 e. The van der Waals surface area contributed by atoms with Gasteiger partial charge in [-0.1, -0.05) is 41.9 Å². The minimum absolute atomic E-state index is 0.416. The van der Waals surface area contributed by atoms with Crippen molar-refractivity contribution >= 4 is 30.0 Å². The molecule has 7 heteroatoms. The number of aromatic nitrogens is 3. The zero-order valence-corrected chi connectivity index (χ0v) is 13.8. The van der Waals surface area contributed by atoms with Gasteiger partial charge >= 0.3 is 0 Å². The van der Waals surface area contributed by atoms with E-state index in [2.05, 4.69) is 15.3 Å². The highest BCUT2D eigenvalue weighted by Gasteiger charge is 2.07. The van der Waals surface area contributed by atoms with E-state index >= 15 is 0 Å². The van der Waals surface area contributed by atoms with Gasteiger partial charge in [-0.25, -0.2) is 5.10 Å². The summed E-state index contributed by atoms with van der Waals surface area (Å²) in [7, 11) is 1.58. The van der Waals surface area contributed by atoms with Crippen molar-refractivity contribution in [2.24, 2.45) is 5.10 Å². The molecule has 1 heterocycles. The first kappa shape index (κ1) is 15.5. The number of halogens is 1. The number of ether oxygens (including phenoxy) is 1. The molecule has 0 radical (unpaired) electrons. The second kappa shape index (κ2) is 6.76. The first-order valence-electron chi connectivity index (χ1n) is 6.80. The van der Waals surface area contributed by atoms with Gasteiger partial charge in [0.2, 0.25) is 4.77 Å². The van der Waals surface area contributed by atoms with Crippen LogP contribution in [0.15, 0.2) is 53.6 Å². The molecule has 0 fully saturated rings. The normalized spacial score (nSPS) is 11.0. The molecule has 1 aromatic heterocycles. The molecule has 0 saturated carbocycles. The molecule has 0 atom stereocenters. The Morgan fingerprint density at radius 1 is 1.26 bits per heavy atom. The lowest BCUT2D eigenvalue weighted by atomic mass is 10.2. The highest BCUT2D eigenvalue weighted by atomic mass is 35.5. The molecule has 3 rings (SSSR count). The van der Waals surface area contributed by atoms with E-state index in [4.69, 9.17) is 28.6 Å². The van der Waals surface area contributed by atoms with Crippen molar-refractivity contribution in [1.82, 2.24) is 14.9 Å². The van der Waals surface area contributed by atoms with Crippen LogP contribution >= 0.6 is 23.8 Å². The topological polar surface area (TPSA) is 55.2 Å². The standard InChI is InChI=1S/C16H13ClN4OS/c1-22-14-8-7-11(9-13(14)17)10-18-21-15(19-20-16(21)23)12-5-3-2-4-6-12/h2-10H,1H3,(H,20,23). The molecule has 0 aliphatic rings. The summed E-state index contributed by atoms with van der Waals surface area (Å²) in [6, 6.07) is 15.1. The van der Waals surface area contributed by atoms with E-state index < -0.39 is 0 Å². The molecular weight excluding hydrogens is 332 g/mol. The van der Waals surface area contributed by atoms with Crippen LogP contribution in [0.1, 0.15) is 5.56 Å². The number of nitrogens with zero attached hydrogens (tertiary/aromatic N) is 3. The highest BCUT2D eigenvalue weighted by Crippen LogP contribution is 2.24. The summed E-state index contributed by atoms with van der Waals surface area (Å²) < 4.78 is 7.12. The zero-order chi connectivity index (χ0) is 16.2. The molecule has 0 saturated heterocycles. The van der Waals surface area contributed by atoms with E-state index in [-0.39, 0.29) is 0 Å². The van der Waals surface area contributed by atoms with Crippen molar-refractivity contribution in [3.63, 3.8) is 0 Å². The molecule has 0 aliphatic carbocycles. The van der Waals surface area contributed by atoms with Gasteiger partial charge in [0.25, 0.3) is 0 Å². The third kappa shape index (κ3) is 3.33. The molecule has 23 heavy (non-hydrogen) atoms. The van der Waals surface area contributed by atoms with Gasteiger partial charge in [-0.05, 0) is 36.0 Å². The van der Waals surface area contributed by atoms with Gasteiger partial charge in [0.05, 0.1) is 18.3 Å². The van der Waals surface area contributed by atoms with Crippen molar-refractivity contribution in [3.8, 4) is 17.1 Å². The van der Waals surface area contributed by atoms with Crippen molar-refractivity contribution < 1.29 is 4.74 Å². The number of aromatic amines is 1. The number of methoxy groups -OCH3 is 1. The number of benzene rings is 2. The van der Waals surface area contributed by atoms with Crippen LogP contribution in [0, 0.1) is 4.77 Å². The SMILES string of the molecule is COc1ccc(C=Nn2c(-c3ccccc3)n[nH]c2=S)cc1Cl. The molecule has 0 spiro atoms. The summed E-state index contributed by atoms with van der Waals surface area (Å²) in [6.45, 7) is 0. The van der Waals surface area contributed by atoms with Crippen molar-refractivity contribution in [3.05, 3.63) is 63.9 Å². The van der Waals surface area contributed by atoms with Gasteiger partial charge in [0.1, 0.15) is 5.75 Å². The van der Waals surface area contributed by atoms with E-state index in [1.165, 1.54) is 0 Å². The van der Waals surface area contributed by atoms with Gasteiger partial charge in [0, 0.05) is 5.56 Å². The fourth-order valence-electron chi connectivity index (χ4n) is 2.06. The van der Waals surface area contributed by atoms with Crippen molar-refractivity contribution in [2.75, 3.05) is 7.11 Å².